The lowest BCUT2D eigenvalue weighted by Crippen LogP contribution is -2.27. The molecule has 0 N–H and O–H groups in total. The van der Waals surface area contributed by atoms with E-state index < -0.39 is 0 Å². The second-order valence-corrected chi connectivity index (χ2v) is 3.48. The molecule has 0 aromatic carbocycles. The van der Waals surface area contributed by atoms with Crippen molar-refractivity contribution in [2.24, 2.45) is 17.8 Å². The number of fused-ring (bicyclic) bond motifs is 1. The third-order valence-electron chi connectivity index (χ3n) is 2.81. The van der Waals surface area contributed by atoms with E-state index in [0.717, 1.165) is 12.2 Å². The van der Waals surface area contributed by atoms with Crippen molar-refractivity contribution in [3.63, 3.8) is 0 Å². The quantitative estimate of drug-likeness (QED) is 0.567. The maximum Gasteiger partial charge on any atom is 0.144 e. The molecular formula is C9H12O2. The van der Waals surface area contributed by atoms with Gasteiger partial charge in [0.25, 0.3) is 0 Å². The lowest BCUT2D eigenvalue weighted by molar-refractivity contribution is -0.121. The van der Waals surface area contributed by atoms with E-state index in [-0.39, 0.29) is 5.92 Å². The van der Waals surface area contributed by atoms with Crippen LogP contribution in [0.25, 0.3) is 0 Å². The highest BCUT2D eigenvalue weighted by atomic mass is 16.5. The van der Waals surface area contributed by atoms with Crippen molar-refractivity contribution in [3.8, 4) is 0 Å². The summed E-state index contributed by atoms with van der Waals surface area (Å²) in [5, 5.41) is 0. The van der Waals surface area contributed by atoms with Gasteiger partial charge in [-0.15, -0.1) is 0 Å². The molecule has 0 bridgehead atoms. The fraction of sp³-hybridized carbons (Fsp3) is 0.667. The van der Waals surface area contributed by atoms with Gasteiger partial charge in [0, 0.05) is 12.3 Å². The van der Waals surface area contributed by atoms with E-state index in [2.05, 4.69) is 13.0 Å². The van der Waals surface area contributed by atoms with Crippen LogP contribution in [0, 0.1) is 17.8 Å². The number of hydrogen-bond acceptors (Lipinski definition) is 2. The number of hydrogen-bond donors (Lipinski definition) is 0. The summed E-state index contributed by atoms with van der Waals surface area (Å²) >= 11 is 0. The van der Waals surface area contributed by atoms with E-state index in [0.29, 0.717) is 17.6 Å². The number of ketones is 1. The Kier molecular flexibility index (Phi) is 1.31. The zero-order chi connectivity index (χ0) is 8.01. The summed E-state index contributed by atoms with van der Waals surface area (Å²) in [4.78, 5) is 11.3. The van der Waals surface area contributed by atoms with Gasteiger partial charge in [0.05, 0.1) is 13.0 Å². The highest BCUT2D eigenvalue weighted by molar-refractivity contribution is 5.88. The molecule has 0 aromatic heterocycles. The zero-order valence-electron chi connectivity index (χ0n) is 6.83. The molecule has 2 aliphatic carbocycles. The molecule has 0 heterocycles. The van der Waals surface area contributed by atoms with Crippen molar-refractivity contribution in [2.45, 2.75) is 13.3 Å². The van der Waals surface area contributed by atoms with Crippen LogP contribution < -0.4 is 0 Å². The molecule has 0 radical (unpaired) electrons. The molecule has 3 atom stereocenters. The number of Topliss-reactive ketones (excluding diaryl/α,β-unsaturated/α-hetero) is 1. The van der Waals surface area contributed by atoms with Crippen LogP contribution in [0.3, 0.4) is 0 Å². The standard InChI is InChI=1S/C9H12O2/c1-5-3-7(10)9-6(5)4-8(9)11-2/h4-6,9H,3H2,1-2H3/t5-,6-,9-/m1/s1. The van der Waals surface area contributed by atoms with Crippen molar-refractivity contribution < 1.29 is 9.53 Å². The van der Waals surface area contributed by atoms with E-state index >= 15 is 0 Å². The molecule has 2 nitrogen and oxygen atoms in total. The number of carbonyl (C=O) groups is 1. The minimum Gasteiger partial charge on any atom is -0.501 e. The van der Waals surface area contributed by atoms with Crippen molar-refractivity contribution in [1.29, 1.82) is 0 Å². The Hall–Kier alpha value is -0.790. The van der Waals surface area contributed by atoms with Gasteiger partial charge in [0.2, 0.25) is 0 Å². The summed E-state index contributed by atoms with van der Waals surface area (Å²) < 4.78 is 5.06. The van der Waals surface area contributed by atoms with E-state index in [4.69, 9.17) is 4.74 Å². The normalized spacial score (nSPS) is 41.1. The molecule has 60 valence electrons. The van der Waals surface area contributed by atoms with E-state index in [1.165, 1.54) is 0 Å². The molecule has 0 saturated heterocycles. The van der Waals surface area contributed by atoms with Crippen LogP contribution in [-0.2, 0) is 9.53 Å². The number of rotatable bonds is 1. The molecule has 11 heavy (non-hydrogen) atoms. The summed E-state index contributed by atoms with van der Waals surface area (Å²) in [7, 11) is 1.64. The van der Waals surface area contributed by atoms with E-state index in [1.807, 2.05) is 0 Å². The minimum atomic E-state index is 0.120. The fourth-order valence-electron chi connectivity index (χ4n) is 2.10. The molecule has 0 amide bonds. The van der Waals surface area contributed by atoms with Crippen LogP contribution in [0.5, 0.6) is 0 Å². The topological polar surface area (TPSA) is 26.3 Å². The Labute approximate surface area is 66.2 Å². The van der Waals surface area contributed by atoms with Crippen LogP contribution in [0.2, 0.25) is 0 Å². The maximum atomic E-state index is 11.3. The van der Waals surface area contributed by atoms with Crippen molar-refractivity contribution in [3.05, 3.63) is 11.8 Å². The number of methoxy groups -OCH3 is 1. The molecule has 2 aliphatic rings. The number of carbonyl (C=O) groups excluding carboxylic acids is 1. The first-order chi connectivity index (χ1) is 5.24. The van der Waals surface area contributed by atoms with Gasteiger partial charge in [0.15, 0.2) is 0 Å². The highest BCUT2D eigenvalue weighted by Gasteiger charge is 2.47. The van der Waals surface area contributed by atoms with Crippen molar-refractivity contribution in [1.82, 2.24) is 0 Å². The molecule has 0 spiro atoms. The predicted molar refractivity (Wildman–Crippen MR) is 40.9 cm³/mol. The molecule has 1 saturated carbocycles. The average Bonchev–Trinajstić information content (AvgIpc) is 2.03. The summed E-state index contributed by atoms with van der Waals surface area (Å²) in [6.45, 7) is 2.13. The second kappa shape index (κ2) is 2.10. The van der Waals surface area contributed by atoms with Gasteiger partial charge in [-0.2, -0.15) is 0 Å². The highest BCUT2D eigenvalue weighted by Crippen LogP contribution is 2.47. The zero-order valence-corrected chi connectivity index (χ0v) is 6.83. The molecular weight excluding hydrogens is 140 g/mol. The van der Waals surface area contributed by atoms with Gasteiger partial charge in [0.1, 0.15) is 11.5 Å². The van der Waals surface area contributed by atoms with Gasteiger partial charge in [-0.05, 0) is 12.0 Å². The fourth-order valence-corrected chi connectivity index (χ4v) is 2.10. The Bertz CT molecular complexity index is 230. The number of allylic oxidation sites excluding steroid dienone is 2. The Balaban J connectivity index is 2.21. The van der Waals surface area contributed by atoms with E-state index in [9.17, 15) is 4.79 Å². The average molecular weight is 152 g/mol. The van der Waals surface area contributed by atoms with Gasteiger partial charge in [-0.1, -0.05) is 6.92 Å². The Morgan fingerprint density at radius 2 is 2.36 bits per heavy atom. The molecule has 0 unspecified atom stereocenters. The Morgan fingerprint density at radius 3 is 2.91 bits per heavy atom. The van der Waals surface area contributed by atoms with Gasteiger partial charge in [-0.3, -0.25) is 4.79 Å². The second-order valence-electron chi connectivity index (χ2n) is 3.48. The van der Waals surface area contributed by atoms with Gasteiger partial charge in [-0.25, -0.2) is 0 Å². The third kappa shape index (κ3) is 0.753. The van der Waals surface area contributed by atoms with Crippen LogP contribution in [0.1, 0.15) is 13.3 Å². The molecule has 2 rings (SSSR count). The van der Waals surface area contributed by atoms with Crippen LogP contribution in [-0.4, -0.2) is 12.9 Å². The molecule has 0 aromatic rings. The van der Waals surface area contributed by atoms with E-state index in [1.54, 1.807) is 7.11 Å². The summed E-state index contributed by atoms with van der Waals surface area (Å²) in [5.74, 6) is 2.39. The smallest absolute Gasteiger partial charge is 0.144 e. The first-order valence-electron chi connectivity index (χ1n) is 4.02. The lowest BCUT2D eigenvalue weighted by Gasteiger charge is -2.29. The first-order valence-corrected chi connectivity index (χ1v) is 4.02. The predicted octanol–water partition coefficient (Wildman–Crippen LogP) is 1.37. The summed E-state index contributed by atoms with van der Waals surface area (Å²) in [6, 6.07) is 0. The maximum absolute atomic E-state index is 11.3. The van der Waals surface area contributed by atoms with Gasteiger partial charge < -0.3 is 4.74 Å². The minimum absolute atomic E-state index is 0.120. The first kappa shape index (κ1) is 6.89. The SMILES string of the molecule is COC1=C[C@H]2[C@@H]1C(=O)C[C@H]2C. The molecule has 2 heteroatoms. The lowest BCUT2D eigenvalue weighted by atomic mass is 9.79. The van der Waals surface area contributed by atoms with Crippen LogP contribution >= 0.6 is 0 Å². The Morgan fingerprint density at radius 1 is 1.64 bits per heavy atom. The van der Waals surface area contributed by atoms with Crippen molar-refractivity contribution in [2.75, 3.05) is 7.11 Å². The molecule has 0 aliphatic heterocycles. The molecule has 1 fully saturated rings. The van der Waals surface area contributed by atoms with Crippen LogP contribution in [0.15, 0.2) is 11.8 Å². The summed E-state index contributed by atoms with van der Waals surface area (Å²) in [5.41, 5.74) is 0. The summed E-state index contributed by atoms with van der Waals surface area (Å²) in [6.07, 6.45) is 2.82. The van der Waals surface area contributed by atoms with Crippen molar-refractivity contribution >= 4 is 5.78 Å². The number of ether oxygens (including phenoxy) is 1. The van der Waals surface area contributed by atoms with Gasteiger partial charge >= 0.3 is 0 Å². The van der Waals surface area contributed by atoms with Crippen LogP contribution in [0.4, 0.5) is 0 Å². The monoisotopic (exact) mass is 152 g/mol. The third-order valence-corrected chi connectivity index (χ3v) is 2.81. The largest absolute Gasteiger partial charge is 0.501 e.